The molecule has 2 amide bonds. The number of aromatic nitrogens is 1. The first-order chi connectivity index (χ1) is 14.4. The van der Waals surface area contributed by atoms with Crippen molar-refractivity contribution in [1.29, 1.82) is 0 Å². The summed E-state index contributed by atoms with van der Waals surface area (Å²) < 4.78 is 0. The molecule has 4 rings (SSSR count). The number of rotatable bonds is 4. The van der Waals surface area contributed by atoms with E-state index in [9.17, 15) is 14.7 Å². The fourth-order valence-corrected chi connectivity index (χ4v) is 5.21. The number of likely N-dealkylation sites (tertiary alicyclic amines) is 1. The molecule has 1 saturated carbocycles. The molecule has 0 radical (unpaired) electrons. The van der Waals surface area contributed by atoms with Crippen molar-refractivity contribution >= 4 is 23.3 Å². The number of nitrogens with one attached hydrogen (secondary N) is 1. The van der Waals surface area contributed by atoms with E-state index >= 15 is 0 Å². The Kier molecular flexibility index (Phi) is 6.00. The van der Waals surface area contributed by atoms with Gasteiger partial charge in [-0.15, -0.1) is 0 Å². The van der Waals surface area contributed by atoms with Gasteiger partial charge in [0.25, 0.3) is 0 Å². The third-order valence-electron chi connectivity index (χ3n) is 7.09. The van der Waals surface area contributed by atoms with E-state index in [2.05, 4.69) is 20.1 Å². The summed E-state index contributed by atoms with van der Waals surface area (Å²) in [7, 11) is 0. The number of piperidine rings is 1. The standard InChI is InChI=1S/C23H34N4O3/c1-16(2)21(29)25-17-4-9-20(24-14-17)26-12-3-10-23(15-26)11-13-27(22(23)30)18-5-7-19(28)8-6-18/h4,9,14,16,18-19,28H,3,5-8,10-13,15H2,1-2H3,(H,25,29)/t18?,19?,23-/m1/s1. The molecule has 2 saturated heterocycles. The van der Waals surface area contributed by atoms with E-state index in [1.54, 1.807) is 6.20 Å². The lowest BCUT2D eigenvalue weighted by Gasteiger charge is -2.41. The largest absolute Gasteiger partial charge is 0.393 e. The van der Waals surface area contributed by atoms with Gasteiger partial charge in [0.15, 0.2) is 0 Å². The smallest absolute Gasteiger partial charge is 0.230 e. The molecule has 2 aliphatic heterocycles. The van der Waals surface area contributed by atoms with Crippen LogP contribution in [0, 0.1) is 11.3 Å². The highest BCUT2D eigenvalue weighted by molar-refractivity contribution is 5.92. The molecule has 3 fully saturated rings. The molecule has 2 N–H and O–H groups in total. The van der Waals surface area contributed by atoms with Crippen LogP contribution in [0.1, 0.15) is 58.8 Å². The lowest BCUT2D eigenvalue weighted by molar-refractivity contribution is -0.139. The van der Waals surface area contributed by atoms with Gasteiger partial charge in [-0.1, -0.05) is 13.8 Å². The number of nitrogens with zero attached hydrogens (tertiary/aromatic N) is 3. The SMILES string of the molecule is CC(C)C(=O)Nc1ccc(N2CCC[C@@]3(CCN(C4CCC(O)CC4)C3=O)C2)nc1. The summed E-state index contributed by atoms with van der Waals surface area (Å²) in [5.74, 6) is 1.07. The van der Waals surface area contributed by atoms with Gasteiger partial charge in [-0.25, -0.2) is 4.98 Å². The zero-order chi connectivity index (χ0) is 21.3. The third kappa shape index (κ3) is 4.17. The predicted molar refractivity (Wildman–Crippen MR) is 116 cm³/mol. The van der Waals surface area contributed by atoms with Gasteiger partial charge in [0.2, 0.25) is 11.8 Å². The predicted octanol–water partition coefficient (Wildman–Crippen LogP) is 2.80. The lowest BCUT2D eigenvalue weighted by Crippen LogP contribution is -2.50. The maximum Gasteiger partial charge on any atom is 0.230 e. The van der Waals surface area contributed by atoms with Crippen LogP contribution in [0.15, 0.2) is 18.3 Å². The topological polar surface area (TPSA) is 85.8 Å². The monoisotopic (exact) mass is 414 g/mol. The van der Waals surface area contributed by atoms with Crippen LogP contribution in [0.3, 0.4) is 0 Å². The fraction of sp³-hybridized carbons (Fsp3) is 0.696. The average molecular weight is 415 g/mol. The molecule has 30 heavy (non-hydrogen) atoms. The molecular formula is C23H34N4O3. The lowest BCUT2D eigenvalue weighted by atomic mass is 9.78. The van der Waals surface area contributed by atoms with Gasteiger partial charge >= 0.3 is 0 Å². The molecule has 1 spiro atoms. The van der Waals surface area contributed by atoms with Gasteiger partial charge in [-0.2, -0.15) is 0 Å². The Morgan fingerprint density at radius 2 is 1.97 bits per heavy atom. The summed E-state index contributed by atoms with van der Waals surface area (Å²) in [6.07, 6.45) is 7.77. The van der Waals surface area contributed by atoms with Gasteiger partial charge in [0.05, 0.1) is 23.4 Å². The van der Waals surface area contributed by atoms with Gasteiger partial charge in [0, 0.05) is 31.6 Å². The summed E-state index contributed by atoms with van der Waals surface area (Å²) in [6, 6.07) is 4.12. The highest BCUT2D eigenvalue weighted by atomic mass is 16.3. The number of aliphatic hydroxyl groups is 1. The summed E-state index contributed by atoms with van der Waals surface area (Å²) in [5, 5.41) is 12.7. The molecule has 164 valence electrons. The normalized spacial score (nSPS) is 29.7. The number of anilines is 2. The minimum absolute atomic E-state index is 0.0200. The molecule has 1 aliphatic carbocycles. The molecule has 7 heteroatoms. The van der Waals surface area contributed by atoms with Gasteiger partial charge in [0.1, 0.15) is 5.82 Å². The van der Waals surface area contributed by atoms with Crippen LogP contribution in [0.5, 0.6) is 0 Å². The minimum Gasteiger partial charge on any atom is -0.393 e. The number of carbonyl (C=O) groups excluding carboxylic acids is 2. The summed E-state index contributed by atoms with van der Waals surface area (Å²) >= 11 is 0. The Morgan fingerprint density at radius 1 is 1.20 bits per heavy atom. The molecule has 3 heterocycles. The molecule has 0 aromatic carbocycles. The van der Waals surface area contributed by atoms with Crippen molar-refractivity contribution in [2.45, 2.75) is 70.9 Å². The fourth-order valence-electron chi connectivity index (χ4n) is 5.21. The zero-order valence-corrected chi connectivity index (χ0v) is 18.1. The van der Waals surface area contributed by atoms with Crippen molar-refractivity contribution in [2.24, 2.45) is 11.3 Å². The highest BCUT2D eigenvalue weighted by Crippen LogP contribution is 2.43. The molecule has 7 nitrogen and oxygen atoms in total. The van der Waals surface area contributed by atoms with E-state index < -0.39 is 0 Å². The Balaban J connectivity index is 1.42. The van der Waals surface area contributed by atoms with E-state index in [-0.39, 0.29) is 29.4 Å². The second-order valence-electron chi connectivity index (χ2n) is 9.57. The number of aliphatic hydroxyl groups excluding tert-OH is 1. The Labute approximate surface area is 178 Å². The Bertz CT molecular complexity index is 773. The van der Waals surface area contributed by atoms with Crippen LogP contribution in [0.25, 0.3) is 0 Å². The van der Waals surface area contributed by atoms with E-state index in [1.807, 2.05) is 26.0 Å². The van der Waals surface area contributed by atoms with Crippen molar-refractivity contribution in [3.8, 4) is 0 Å². The molecule has 0 bridgehead atoms. The first-order valence-corrected chi connectivity index (χ1v) is 11.4. The summed E-state index contributed by atoms with van der Waals surface area (Å²) in [4.78, 5) is 34.2. The third-order valence-corrected chi connectivity index (χ3v) is 7.09. The number of hydrogen-bond acceptors (Lipinski definition) is 5. The first kappa shape index (κ1) is 21.1. The van der Waals surface area contributed by atoms with E-state index in [1.165, 1.54) is 0 Å². The molecule has 0 unspecified atom stereocenters. The van der Waals surface area contributed by atoms with Crippen LogP contribution >= 0.6 is 0 Å². The maximum absolute atomic E-state index is 13.4. The van der Waals surface area contributed by atoms with E-state index in [4.69, 9.17) is 0 Å². The summed E-state index contributed by atoms with van der Waals surface area (Å²) in [5.41, 5.74) is 0.396. The number of carbonyl (C=O) groups is 2. The first-order valence-electron chi connectivity index (χ1n) is 11.4. The number of hydrogen-bond donors (Lipinski definition) is 2. The van der Waals surface area contributed by atoms with Crippen LogP contribution < -0.4 is 10.2 Å². The Morgan fingerprint density at radius 3 is 2.63 bits per heavy atom. The average Bonchev–Trinajstić information content (AvgIpc) is 3.04. The number of pyridine rings is 1. The van der Waals surface area contributed by atoms with Gasteiger partial charge in [-0.3, -0.25) is 9.59 Å². The van der Waals surface area contributed by atoms with Crippen molar-refractivity contribution in [1.82, 2.24) is 9.88 Å². The highest BCUT2D eigenvalue weighted by Gasteiger charge is 2.50. The van der Waals surface area contributed by atoms with Crippen molar-refractivity contribution in [3.63, 3.8) is 0 Å². The van der Waals surface area contributed by atoms with Crippen LogP contribution in [0.4, 0.5) is 11.5 Å². The minimum atomic E-state index is -0.305. The quantitative estimate of drug-likeness (QED) is 0.791. The number of amides is 2. The molecule has 1 aromatic rings. The van der Waals surface area contributed by atoms with E-state index in [0.29, 0.717) is 18.1 Å². The molecule has 3 aliphatic rings. The molecular weight excluding hydrogens is 380 g/mol. The van der Waals surface area contributed by atoms with Crippen LogP contribution in [0.2, 0.25) is 0 Å². The van der Waals surface area contributed by atoms with Crippen molar-refractivity contribution < 1.29 is 14.7 Å². The summed E-state index contributed by atoms with van der Waals surface area (Å²) in [6.45, 7) is 6.17. The van der Waals surface area contributed by atoms with Gasteiger partial charge < -0.3 is 20.2 Å². The van der Waals surface area contributed by atoms with E-state index in [0.717, 1.165) is 63.9 Å². The Hall–Kier alpha value is -2.15. The maximum atomic E-state index is 13.4. The zero-order valence-electron chi connectivity index (χ0n) is 18.1. The molecule has 1 atom stereocenters. The molecule has 1 aromatic heterocycles. The second kappa shape index (κ2) is 8.53. The van der Waals surface area contributed by atoms with Crippen LogP contribution in [-0.4, -0.2) is 58.6 Å². The van der Waals surface area contributed by atoms with Crippen LogP contribution in [-0.2, 0) is 9.59 Å². The van der Waals surface area contributed by atoms with Gasteiger partial charge in [-0.05, 0) is 57.1 Å². The van der Waals surface area contributed by atoms with Crippen molar-refractivity contribution in [3.05, 3.63) is 18.3 Å². The second-order valence-corrected chi connectivity index (χ2v) is 9.57. The van der Waals surface area contributed by atoms with Crippen molar-refractivity contribution in [2.75, 3.05) is 29.9 Å².